The van der Waals surface area contributed by atoms with E-state index in [-0.39, 0.29) is 35.0 Å². The third-order valence-corrected chi connectivity index (χ3v) is 4.14. The molecule has 3 rings (SSSR count). The standard InChI is InChI=1S/C19H16O7/c1-10(20)11-6-7-15-18(19(11)24)13(8-17(23)26-15)12-4-2-3-5-14(12)25-9-16(21)22/h2-7,13,24H,8-9H2,1H3,(H,21,22). The SMILES string of the molecule is CC(=O)c1ccc2c(c1O)C(c1ccccc1OCC(=O)O)CC(=O)O2. The van der Waals surface area contributed by atoms with Gasteiger partial charge in [-0.15, -0.1) is 0 Å². The molecule has 1 aliphatic rings. The van der Waals surface area contributed by atoms with Gasteiger partial charge in [-0.3, -0.25) is 9.59 Å². The second kappa shape index (κ2) is 6.87. The maximum atomic E-state index is 12.0. The Morgan fingerprint density at radius 2 is 1.96 bits per heavy atom. The average molecular weight is 356 g/mol. The number of phenolic OH excluding ortho intramolecular Hbond substituents is 1. The van der Waals surface area contributed by atoms with Crippen LogP contribution in [0.25, 0.3) is 0 Å². The molecule has 0 saturated carbocycles. The Labute approximate surface area is 148 Å². The molecule has 1 heterocycles. The number of hydrogen-bond donors (Lipinski definition) is 2. The van der Waals surface area contributed by atoms with Crippen molar-refractivity contribution >= 4 is 17.7 Å². The van der Waals surface area contributed by atoms with E-state index in [2.05, 4.69) is 0 Å². The van der Waals surface area contributed by atoms with Crippen molar-refractivity contribution < 1.29 is 34.1 Å². The zero-order valence-electron chi connectivity index (χ0n) is 13.9. The number of hydrogen-bond acceptors (Lipinski definition) is 6. The van der Waals surface area contributed by atoms with Crippen LogP contribution >= 0.6 is 0 Å². The van der Waals surface area contributed by atoms with E-state index in [4.69, 9.17) is 14.6 Å². The lowest BCUT2D eigenvalue weighted by molar-refractivity contribution is -0.139. The number of carboxylic acids is 1. The first kappa shape index (κ1) is 17.5. The molecule has 0 saturated heterocycles. The number of ether oxygens (including phenoxy) is 2. The molecule has 0 aliphatic carbocycles. The van der Waals surface area contributed by atoms with Gasteiger partial charge >= 0.3 is 11.9 Å². The van der Waals surface area contributed by atoms with E-state index in [1.807, 2.05) is 0 Å². The van der Waals surface area contributed by atoms with Gasteiger partial charge in [0, 0.05) is 17.0 Å². The van der Waals surface area contributed by atoms with Crippen LogP contribution in [-0.2, 0) is 9.59 Å². The van der Waals surface area contributed by atoms with Gasteiger partial charge in [-0.2, -0.15) is 0 Å². The Morgan fingerprint density at radius 3 is 2.65 bits per heavy atom. The summed E-state index contributed by atoms with van der Waals surface area (Å²) in [5, 5.41) is 19.4. The van der Waals surface area contributed by atoms with Crippen LogP contribution in [0.3, 0.4) is 0 Å². The molecule has 0 spiro atoms. The van der Waals surface area contributed by atoms with Crippen molar-refractivity contribution in [3.05, 3.63) is 53.1 Å². The van der Waals surface area contributed by atoms with Gasteiger partial charge in [0.2, 0.25) is 0 Å². The summed E-state index contributed by atoms with van der Waals surface area (Å²) in [5.41, 5.74) is 0.960. The van der Waals surface area contributed by atoms with Crippen molar-refractivity contribution in [3.8, 4) is 17.2 Å². The van der Waals surface area contributed by atoms with Crippen LogP contribution in [0, 0.1) is 0 Å². The summed E-state index contributed by atoms with van der Waals surface area (Å²) < 4.78 is 10.5. The molecule has 1 unspecified atom stereocenters. The molecule has 7 nitrogen and oxygen atoms in total. The highest BCUT2D eigenvalue weighted by Crippen LogP contribution is 2.47. The van der Waals surface area contributed by atoms with Crippen molar-refractivity contribution in [1.29, 1.82) is 0 Å². The number of carbonyl (C=O) groups excluding carboxylic acids is 2. The van der Waals surface area contributed by atoms with Gasteiger partial charge in [0.15, 0.2) is 12.4 Å². The molecule has 1 aliphatic heterocycles. The van der Waals surface area contributed by atoms with Crippen LogP contribution in [-0.4, -0.2) is 34.5 Å². The minimum absolute atomic E-state index is 0.0740. The largest absolute Gasteiger partial charge is 0.507 e. The minimum Gasteiger partial charge on any atom is -0.507 e. The Kier molecular flexibility index (Phi) is 4.62. The quantitative estimate of drug-likeness (QED) is 0.481. The molecule has 0 aromatic heterocycles. The number of phenols is 1. The smallest absolute Gasteiger partial charge is 0.341 e. The number of ketones is 1. The predicted octanol–water partition coefficient (Wildman–Crippen LogP) is 2.50. The van der Waals surface area contributed by atoms with Crippen LogP contribution in [0.4, 0.5) is 0 Å². The van der Waals surface area contributed by atoms with Gasteiger partial charge in [0.25, 0.3) is 0 Å². The fraction of sp³-hybridized carbons (Fsp3) is 0.211. The number of rotatable bonds is 5. The van der Waals surface area contributed by atoms with Crippen molar-refractivity contribution in [2.45, 2.75) is 19.3 Å². The zero-order chi connectivity index (χ0) is 18.8. The third-order valence-electron chi connectivity index (χ3n) is 4.14. The topological polar surface area (TPSA) is 110 Å². The lowest BCUT2D eigenvalue weighted by Crippen LogP contribution is -2.22. The van der Waals surface area contributed by atoms with Crippen molar-refractivity contribution in [1.82, 2.24) is 0 Å². The van der Waals surface area contributed by atoms with Crippen LogP contribution in [0.1, 0.15) is 40.7 Å². The summed E-state index contributed by atoms with van der Waals surface area (Å²) in [7, 11) is 0. The summed E-state index contributed by atoms with van der Waals surface area (Å²) in [6.45, 7) is 0.787. The van der Waals surface area contributed by atoms with Crippen LogP contribution in [0.15, 0.2) is 36.4 Å². The summed E-state index contributed by atoms with van der Waals surface area (Å²) in [4.78, 5) is 34.6. The van der Waals surface area contributed by atoms with E-state index in [1.165, 1.54) is 19.1 Å². The van der Waals surface area contributed by atoms with E-state index in [1.54, 1.807) is 24.3 Å². The highest BCUT2D eigenvalue weighted by Gasteiger charge is 2.34. The maximum Gasteiger partial charge on any atom is 0.341 e. The van der Waals surface area contributed by atoms with Crippen LogP contribution < -0.4 is 9.47 Å². The first-order valence-corrected chi connectivity index (χ1v) is 7.89. The second-order valence-corrected chi connectivity index (χ2v) is 5.88. The molecule has 0 bridgehead atoms. The number of para-hydroxylation sites is 1. The number of carboxylic acid groups (broad SMARTS) is 1. The number of fused-ring (bicyclic) bond motifs is 1. The van der Waals surface area contributed by atoms with Gasteiger partial charge in [-0.05, 0) is 25.1 Å². The first-order valence-electron chi connectivity index (χ1n) is 7.89. The summed E-state index contributed by atoms with van der Waals surface area (Å²) in [6.07, 6.45) is -0.0740. The summed E-state index contributed by atoms with van der Waals surface area (Å²) >= 11 is 0. The molecule has 0 radical (unpaired) electrons. The van der Waals surface area contributed by atoms with E-state index in [9.17, 15) is 19.5 Å². The zero-order valence-corrected chi connectivity index (χ0v) is 13.9. The average Bonchev–Trinajstić information content (AvgIpc) is 2.59. The molecule has 7 heteroatoms. The summed E-state index contributed by atoms with van der Waals surface area (Å²) in [6, 6.07) is 9.53. The van der Waals surface area contributed by atoms with Crippen molar-refractivity contribution in [3.63, 3.8) is 0 Å². The molecule has 2 aromatic carbocycles. The molecule has 134 valence electrons. The number of aromatic hydroxyl groups is 1. The number of esters is 1. The molecule has 26 heavy (non-hydrogen) atoms. The lowest BCUT2D eigenvalue weighted by atomic mass is 9.84. The second-order valence-electron chi connectivity index (χ2n) is 5.88. The number of Topliss-reactive ketones (excluding diaryl/α,β-unsaturated/α-hetero) is 1. The molecule has 2 N–H and O–H groups in total. The number of carbonyl (C=O) groups is 3. The van der Waals surface area contributed by atoms with Gasteiger partial charge in [0.05, 0.1) is 12.0 Å². The Hall–Kier alpha value is -3.35. The molecular formula is C19H16O7. The van der Waals surface area contributed by atoms with Crippen LogP contribution in [0.2, 0.25) is 0 Å². The van der Waals surface area contributed by atoms with E-state index in [0.29, 0.717) is 11.1 Å². The first-order chi connectivity index (χ1) is 12.4. The van der Waals surface area contributed by atoms with Gasteiger partial charge < -0.3 is 19.7 Å². The Morgan fingerprint density at radius 1 is 1.23 bits per heavy atom. The highest BCUT2D eigenvalue weighted by atomic mass is 16.5. The van der Waals surface area contributed by atoms with E-state index in [0.717, 1.165) is 0 Å². The molecule has 1 atom stereocenters. The fourth-order valence-corrected chi connectivity index (χ4v) is 3.04. The highest BCUT2D eigenvalue weighted by molar-refractivity contribution is 5.98. The van der Waals surface area contributed by atoms with Gasteiger partial charge in [-0.25, -0.2) is 4.79 Å². The van der Waals surface area contributed by atoms with E-state index < -0.39 is 24.5 Å². The minimum atomic E-state index is -1.13. The number of benzene rings is 2. The Bertz CT molecular complexity index is 901. The molecule has 0 fully saturated rings. The maximum absolute atomic E-state index is 12.0. The van der Waals surface area contributed by atoms with E-state index >= 15 is 0 Å². The third kappa shape index (κ3) is 3.23. The molecule has 0 amide bonds. The van der Waals surface area contributed by atoms with Gasteiger partial charge in [0.1, 0.15) is 17.2 Å². The normalized spacial score (nSPS) is 15.7. The summed E-state index contributed by atoms with van der Waals surface area (Å²) in [5.74, 6) is -2.38. The van der Waals surface area contributed by atoms with Crippen molar-refractivity contribution in [2.24, 2.45) is 0 Å². The molecule has 2 aromatic rings. The predicted molar refractivity (Wildman–Crippen MR) is 89.8 cm³/mol. The fourth-order valence-electron chi connectivity index (χ4n) is 3.04. The van der Waals surface area contributed by atoms with Crippen LogP contribution in [0.5, 0.6) is 17.2 Å². The molecular weight excluding hydrogens is 340 g/mol. The monoisotopic (exact) mass is 356 g/mol. The number of aliphatic carboxylic acids is 1. The van der Waals surface area contributed by atoms with Gasteiger partial charge in [-0.1, -0.05) is 18.2 Å². The van der Waals surface area contributed by atoms with Crippen molar-refractivity contribution in [2.75, 3.05) is 6.61 Å². The Balaban J connectivity index is 2.13. The lowest BCUT2D eigenvalue weighted by Gasteiger charge is -2.27.